The second kappa shape index (κ2) is 6.90. The van der Waals surface area contributed by atoms with Crippen LogP contribution in [-0.2, 0) is 21.4 Å². The summed E-state index contributed by atoms with van der Waals surface area (Å²) < 4.78 is 5.40. The van der Waals surface area contributed by atoms with Crippen LogP contribution in [0.25, 0.3) is 0 Å². The van der Waals surface area contributed by atoms with Gasteiger partial charge in [-0.25, -0.2) is 0 Å². The molecule has 0 aliphatic rings. The highest BCUT2D eigenvalue weighted by Crippen LogP contribution is 2.09. The molecule has 0 saturated carbocycles. The summed E-state index contributed by atoms with van der Waals surface area (Å²) in [7, 11) is 0. The third-order valence-corrected chi connectivity index (χ3v) is 2.92. The van der Waals surface area contributed by atoms with Crippen LogP contribution in [0.2, 0.25) is 0 Å². The molecule has 1 amide bonds. The number of rotatable bonds is 5. The first-order chi connectivity index (χ1) is 8.40. The molecular formula is C14H20BrNO2. The Morgan fingerprint density at radius 3 is 2.61 bits per heavy atom. The van der Waals surface area contributed by atoms with Crippen molar-refractivity contribution in [2.75, 3.05) is 6.61 Å². The normalized spacial score (nSPS) is 11.3. The van der Waals surface area contributed by atoms with E-state index < -0.39 is 0 Å². The molecule has 0 aliphatic carbocycles. The van der Waals surface area contributed by atoms with Crippen LogP contribution in [0.1, 0.15) is 31.9 Å². The number of benzene rings is 1. The number of carbonyl (C=O) groups is 1. The second-order valence-corrected chi connectivity index (χ2v) is 5.69. The molecule has 0 aliphatic heterocycles. The standard InChI is InChI=1S/C14H20BrNO2/c1-14(2,3)18-10-13(17)16-9-12-6-4-5-11(7-12)8-15/h4-7H,8-10H2,1-3H3,(H,16,17). The van der Waals surface area contributed by atoms with Crippen LogP contribution < -0.4 is 5.32 Å². The molecule has 1 rings (SSSR count). The number of amides is 1. The van der Waals surface area contributed by atoms with Crippen LogP contribution in [0.3, 0.4) is 0 Å². The highest BCUT2D eigenvalue weighted by atomic mass is 79.9. The van der Waals surface area contributed by atoms with E-state index in [-0.39, 0.29) is 18.1 Å². The van der Waals surface area contributed by atoms with Crippen molar-refractivity contribution in [1.82, 2.24) is 5.32 Å². The zero-order valence-electron chi connectivity index (χ0n) is 11.1. The third kappa shape index (κ3) is 6.17. The molecule has 0 saturated heterocycles. The molecule has 1 aromatic carbocycles. The number of carbonyl (C=O) groups excluding carboxylic acids is 1. The van der Waals surface area contributed by atoms with Crippen molar-refractivity contribution in [3.8, 4) is 0 Å². The van der Waals surface area contributed by atoms with Crippen molar-refractivity contribution >= 4 is 21.8 Å². The molecule has 0 fully saturated rings. The Kier molecular flexibility index (Phi) is 5.82. The zero-order chi connectivity index (χ0) is 13.6. The van der Waals surface area contributed by atoms with Crippen molar-refractivity contribution < 1.29 is 9.53 Å². The molecule has 0 atom stereocenters. The monoisotopic (exact) mass is 313 g/mol. The lowest BCUT2D eigenvalue weighted by Crippen LogP contribution is -2.31. The Labute approximate surface area is 117 Å². The minimum Gasteiger partial charge on any atom is -0.366 e. The molecule has 0 bridgehead atoms. The number of hydrogen-bond acceptors (Lipinski definition) is 2. The molecule has 0 aromatic heterocycles. The second-order valence-electron chi connectivity index (χ2n) is 5.13. The van der Waals surface area contributed by atoms with E-state index >= 15 is 0 Å². The number of ether oxygens (including phenoxy) is 1. The predicted molar refractivity (Wildman–Crippen MR) is 76.6 cm³/mol. The van der Waals surface area contributed by atoms with Gasteiger partial charge in [-0.05, 0) is 31.9 Å². The van der Waals surface area contributed by atoms with Gasteiger partial charge in [0.05, 0.1) is 5.60 Å². The summed E-state index contributed by atoms with van der Waals surface area (Å²) in [6.45, 7) is 6.42. The first-order valence-corrected chi connectivity index (χ1v) is 7.07. The topological polar surface area (TPSA) is 38.3 Å². The Morgan fingerprint density at radius 2 is 2.00 bits per heavy atom. The van der Waals surface area contributed by atoms with Crippen molar-refractivity contribution in [1.29, 1.82) is 0 Å². The van der Waals surface area contributed by atoms with Crippen LogP contribution in [0.4, 0.5) is 0 Å². The number of alkyl halides is 1. The average molecular weight is 314 g/mol. The van der Waals surface area contributed by atoms with Crippen LogP contribution >= 0.6 is 15.9 Å². The van der Waals surface area contributed by atoms with Gasteiger partial charge in [0.2, 0.25) is 5.91 Å². The maximum absolute atomic E-state index is 11.6. The van der Waals surface area contributed by atoms with Crippen molar-refractivity contribution in [3.05, 3.63) is 35.4 Å². The number of nitrogens with one attached hydrogen (secondary N) is 1. The summed E-state index contributed by atoms with van der Waals surface area (Å²) >= 11 is 3.41. The maximum atomic E-state index is 11.6. The highest BCUT2D eigenvalue weighted by Gasteiger charge is 2.12. The van der Waals surface area contributed by atoms with Crippen LogP contribution in [0.5, 0.6) is 0 Å². The molecule has 1 N–H and O–H groups in total. The predicted octanol–water partition coefficient (Wildman–Crippen LogP) is 3.01. The summed E-state index contributed by atoms with van der Waals surface area (Å²) in [6, 6.07) is 8.10. The summed E-state index contributed by atoms with van der Waals surface area (Å²) in [6.07, 6.45) is 0. The zero-order valence-corrected chi connectivity index (χ0v) is 12.7. The van der Waals surface area contributed by atoms with Crippen LogP contribution in [-0.4, -0.2) is 18.1 Å². The van der Waals surface area contributed by atoms with Gasteiger partial charge in [0.25, 0.3) is 0 Å². The molecule has 1 aromatic rings. The molecule has 3 nitrogen and oxygen atoms in total. The Hall–Kier alpha value is -0.870. The molecule has 0 heterocycles. The third-order valence-electron chi connectivity index (χ3n) is 2.27. The van der Waals surface area contributed by atoms with E-state index in [0.717, 1.165) is 10.9 Å². The smallest absolute Gasteiger partial charge is 0.246 e. The van der Waals surface area contributed by atoms with Gasteiger partial charge in [0, 0.05) is 11.9 Å². The summed E-state index contributed by atoms with van der Waals surface area (Å²) in [4.78, 5) is 11.6. The van der Waals surface area contributed by atoms with Gasteiger partial charge < -0.3 is 10.1 Å². The minimum atomic E-state index is -0.285. The largest absolute Gasteiger partial charge is 0.366 e. The van der Waals surface area contributed by atoms with Gasteiger partial charge in [-0.1, -0.05) is 40.2 Å². The lowest BCUT2D eigenvalue weighted by molar-refractivity contribution is -0.130. The molecule has 0 spiro atoms. The Bertz CT molecular complexity index is 399. The molecule has 100 valence electrons. The molecule has 0 unspecified atom stereocenters. The fraction of sp³-hybridized carbons (Fsp3) is 0.500. The first kappa shape index (κ1) is 15.2. The van der Waals surface area contributed by atoms with Crippen molar-refractivity contribution in [2.45, 2.75) is 38.2 Å². The van der Waals surface area contributed by atoms with Crippen LogP contribution in [0.15, 0.2) is 24.3 Å². The van der Waals surface area contributed by atoms with Gasteiger partial charge in [-0.3, -0.25) is 4.79 Å². The van der Waals surface area contributed by atoms with Gasteiger partial charge >= 0.3 is 0 Å². The quantitative estimate of drug-likeness (QED) is 0.849. The molecular weight excluding hydrogens is 294 g/mol. The van der Waals surface area contributed by atoms with Gasteiger partial charge in [0.15, 0.2) is 0 Å². The van der Waals surface area contributed by atoms with E-state index in [1.807, 2.05) is 39.0 Å². The van der Waals surface area contributed by atoms with Crippen LogP contribution in [0, 0.1) is 0 Å². The molecule has 4 heteroatoms. The van der Waals surface area contributed by atoms with Gasteiger partial charge in [0.1, 0.15) is 6.61 Å². The maximum Gasteiger partial charge on any atom is 0.246 e. The first-order valence-electron chi connectivity index (χ1n) is 5.95. The number of hydrogen-bond donors (Lipinski definition) is 1. The average Bonchev–Trinajstić information content (AvgIpc) is 2.33. The van der Waals surface area contributed by atoms with Gasteiger partial charge in [-0.2, -0.15) is 0 Å². The van der Waals surface area contributed by atoms with Gasteiger partial charge in [-0.15, -0.1) is 0 Å². The lowest BCUT2D eigenvalue weighted by atomic mass is 10.1. The fourth-order valence-electron chi connectivity index (χ4n) is 1.36. The Morgan fingerprint density at radius 1 is 1.33 bits per heavy atom. The number of halogens is 1. The van der Waals surface area contributed by atoms with Crippen molar-refractivity contribution in [3.63, 3.8) is 0 Å². The van der Waals surface area contributed by atoms with E-state index in [4.69, 9.17) is 4.74 Å². The minimum absolute atomic E-state index is 0.0887. The SMILES string of the molecule is CC(C)(C)OCC(=O)NCc1cccc(CBr)c1. The Balaban J connectivity index is 2.38. The molecule has 0 radical (unpaired) electrons. The van der Waals surface area contributed by atoms with E-state index in [1.54, 1.807) is 0 Å². The highest BCUT2D eigenvalue weighted by molar-refractivity contribution is 9.08. The lowest BCUT2D eigenvalue weighted by Gasteiger charge is -2.19. The van der Waals surface area contributed by atoms with E-state index in [1.165, 1.54) is 5.56 Å². The summed E-state index contributed by atoms with van der Waals surface area (Å²) in [5.41, 5.74) is 2.01. The van der Waals surface area contributed by atoms with E-state index in [0.29, 0.717) is 6.54 Å². The van der Waals surface area contributed by atoms with Crippen molar-refractivity contribution in [2.24, 2.45) is 0 Å². The van der Waals surface area contributed by atoms with E-state index in [2.05, 4.69) is 27.3 Å². The summed E-state index contributed by atoms with van der Waals surface area (Å²) in [5, 5.41) is 3.66. The molecule has 18 heavy (non-hydrogen) atoms. The fourth-order valence-corrected chi connectivity index (χ4v) is 1.71. The summed E-state index contributed by atoms with van der Waals surface area (Å²) in [5.74, 6) is -0.0887. The van der Waals surface area contributed by atoms with E-state index in [9.17, 15) is 4.79 Å².